The van der Waals surface area contributed by atoms with Crippen LogP contribution in [-0.2, 0) is 28.5 Å². The van der Waals surface area contributed by atoms with E-state index in [1.54, 1.807) is 0 Å². The number of esters is 2. The van der Waals surface area contributed by atoms with Gasteiger partial charge in [-0.2, -0.15) is 0 Å². The Morgan fingerprint density at radius 2 is 2.11 bits per heavy atom. The van der Waals surface area contributed by atoms with Crippen LogP contribution in [-0.4, -0.2) is 42.5 Å². The van der Waals surface area contributed by atoms with E-state index in [4.69, 9.17) is 14.2 Å². The first kappa shape index (κ1) is 12.2. The van der Waals surface area contributed by atoms with E-state index < -0.39 is 24.3 Å². The summed E-state index contributed by atoms with van der Waals surface area (Å²) in [5, 5.41) is 0. The molecule has 3 aliphatic rings. The lowest BCUT2D eigenvalue weighted by Crippen LogP contribution is -2.40. The van der Waals surface area contributed by atoms with Crippen molar-refractivity contribution in [2.75, 3.05) is 0 Å². The molecule has 3 heterocycles. The minimum absolute atomic E-state index is 0.0912. The number of carbonyl (C=O) groups is 3. The third kappa shape index (κ3) is 1.81. The highest BCUT2D eigenvalue weighted by Crippen LogP contribution is 2.47. The molecule has 0 spiro atoms. The summed E-state index contributed by atoms with van der Waals surface area (Å²) in [6.07, 6.45) is -2.70. The van der Waals surface area contributed by atoms with Gasteiger partial charge in [0.05, 0.1) is 12.0 Å². The summed E-state index contributed by atoms with van der Waals surface area (Å²) >= 11 is 0. The molecule has 3 rings (SSSR count). The van der Waals surface area contributed by atoms with Crippen LogP contribution in [0.3, 0.4) is 0 Å². The Morgan fingerprint density at radius 3 is 2.79 bits per heavy atom. The monoisotopic (exact) mass is 268 g/mol. The van der Waals surface area contributed by atoms with E-state index in [2.05, 4.69) is 11.3 Å². The standard InChI is InChI=1S/C12H12O7/c1-4(2)10(13)19-12(15)18-8-6-3-5-7(16-6)9(8)17-11(5)14/h5-9H,1,3H2,2H3. The number of fused-ring (bicyclic) bond motifs is 1. The maximum atomic E-state index is 11.5. The van der Waals surface area contributed by atoms with E-state index >= 15 is 0 Å². The fourth-order valence-corrected chi connectivity index (χ4v) is 2.68. The van der Waals surface area contributed by atoms with Crippen molar-refractivity contribution >= 4 is 18.1 Å². The molecule has 7 heteroatoms. The Hall–Kier alpha value is -1.89. The molecule has 5 atom stereocenters. The van der Waals surface area contributed by atoms with Gasteiger partial charge < -0.3 is 18.9 Å². The average Bonchev–Trinajstić information content (AvgIpc) is 2.93. The predicted octanol–water partition coefficient (Wildman–Crippen LogP) is 0.324. The number of ether oxygens (including phenoxy) is 4. The molecule has 3 aliphatic heterocycles. The number of hydrogen-bond donors (Lipinski definition) is 0. The second kappa shape index (κ2) is 4.06. The van der Waals surface area contributed by atoms with Crippen LogP contribution in [0, 0.1) is 5.92 Å². The van der Waals surface area contributed by atoms with Gasteiger partial charge in [-0.05, 0) is 13.3 Å². The molecule has 0 saturated carbocycles. The summed E-state index contributed by atoms with van der Waals surface area (Å²) in [6, 6.07) is 0. The van der Waals surface area contributed by atoms with E-state index in [1.807, 2.05) is 0 Å². The molecule has 0 amide bonds. The molecule has 5 unspecified atom stereocenters. The van der Waals surface area contributed by atoms with Crippen LogP contribution in [0.5, 0.6) is 0 Å². The summed E-state index contributed by atoms with van der Waals surface area (Å²) in [7, 11) is 0. The zero-order valence-electron chi connectivity index (χ0n) is 10.2. The molecule has 7 nitrogen and oxygen atoms in total. The van der Waals surface area contributed by atoms with Crippen LogP contribution in [0.25, 0.3) is 0 Å². The number of hydrogen-bond acceptors (Lipinski definition) is 7. The summed E-state index contributed by atoms with van der Waals surface area (Å²) in [5.41, 5.74) is 0.0912. The smallest absolute Gasteiger partial charge is 0.455 e. The molecule has 0 N–H and O–H groups in total. The lowest BCUT2D eigenvalue weighted by atomic mass is 9.88. The molecule has 102 valence electrons. The van der Waals surface area contributed by atoms with Gasteiger partial charge in [0.2, 0.25) is 0 Å². The number of rotatable bonds is 2. The van der Waals surface area contributed by atoms with E-state index in [9.17, 15) is 14.4 Å². The van der Waals surface area contributed by atoms with Crippen molar-refractivity contribution in [3.8, 4) is 0 Å². The van der Waals surface area contributed by atoms with Crippen LogP contribution >= 0.6 is 0 Å². The highest BCUT2D eigenvalue weighted by atomic mass is 16.8. The van der Waals surface area contributed by atoms with Crippen molar-refractivity contribution in [1.29, 1.82) is 0 Å². The molecular formula is C12H12O7. The third-order valence-corrected chi connectivity index (χ3v) is 3.54. The fraction of sp³-hybridized carbons (Fsp3) is 0.583. The van der Waals surface area contributed by atoms with Gasteiger partial charge in [0.1, 0.15) is 6.10 Å². The first-order valence-electron chi connectivity index (χ1n) is 5.91. The van der Waals surface area contributed by atoms with E-state index in [0.29, 0.717) is 6.42 Å². The first-order chi connectivity index (χ1) is 8.97. The minimum Gasteiger partial charge on any atom is -0.455 e. The summed E-state index contributed by atoms with van der Waals surface area (Å²) < 4.78 is 20.1. The highest BCUT2D eigenvalue weighted by molar-refractivity contribution is 5.93. The fourth-order valence-electron chi connectivity index (χ4n) is 2.68. The van der Waals surface area contributed by atoms with E-state index in [0.717, 1.165) is 0 Å². The molecule has 3 saturated heterocycles. The van der Waals surface area contributed by atoms with Crippen molar-refractivity contribution in [3.63, 3.8) is 0 Å². The Morgan fingerprint density at radius 1 is 1.37 bits per heavy atom. The van der Waals surface area contributed by atoms with E-state index in [-0.39, 0.29) is 29.7 Å². The van der Waals surface area contributed by atoms with Crippen LogP contribution in [0.1, 0.15) is 13.3 Å². The summed E-state index contributed by atoms with van der Waals surface area (Å²) in [5.74, 6) is -1.44. The van der Waals surface area contributed by atoms with Gasteiger partial charge in [0.15, 0.2) is 12.2 Å². The Bertz CT molecular complexity index is 482. The SMILES string of the molecule is C=C(C)C(=O)OC(=O)OC1C2CC3C(=O)OC1C3O2. The maximum absolute atomic E-state index is 11.5. The van der Waals surface area contributed by atoms with Crippen molar-refractivity contribution in [3.05, 3.63) is 12.2 Å². The Kier molecular flexibility index (Phi) is 2.60. The summed E-state index contributed by atoms with van der Waals surface area (Å²) in [4.78, 5) is 34.1. The maximum Gasteiger partial charge on any atom is 0.516 e. The van der Waals surface area contributed by atoms with Crippen LogP contribution in [0.2, 0.25) is 0 Å². The third-order valence-electron chi connectivity index (χ3n) is 3.54. The second-order valence-corrected chi connectivity index (χ2v) is 4.89. The lowest BCUT2D eigenvalue weighted by molar-refractivity contribution is -0.147. The molecule has 0 aliphatic carbocycles. The van der Waals surface area contributed by atoms with Gasteiger partial charge in [-0.3, -0.25) is 4.79 Å². The lowest BCUT2D eigenvalue weighted by Gasteiger charge is -2.21. The zero-order valence-corrected chi connectivity index (χ0v) is 10.2. The quantitative estimate of drug-likeness (QED) is 0.405. The molecule has 0 aromatic rings. The molecule has 0 aromatic carbocycles. The van der Waals surface area contributed by atoms with Gasteiger partial charge in [0, 0.05) is 5.57 Å². The van der Waals surface area contributed by atoms with Gasteiger partial charge in [0.25, 0.3) is 0 Å². The van der Waals surface area contributed by atoms with Crippen molar-refractivity contribution < 1.29 is 33.3 Å². The molecule has 0 aromatic heterocycles. The van der Waals surface area contributed by atoms with Crippen LogP contribution < -0.4 is 0 Å². The molecule has 2 bridgehead atoms. The highest BCUT2D eigenvalue weighted by Gasteiger charge is 2.65. The molecule has 3 fully saturated rings. The van der Waals surface area contributed by atoms with E-state index in [1.165, 1.54) is 6.92 Å². The Balaban J connectivity index is 1.63. The first-order valence-corrected chi connectivity index (χ1v) is 5.91. The van der Waals surface area contributed by atoms with Crippen molar-refractivity contribution in [1.82, 2.24) is 0 Å². The topological polar surface area (TPSA) is 88.1 Å². The predicted molar refractivity (Wildman–Crippen MR) is 57.8 cm³/mol. The van der Waals surface area contributed by atoms with Gasteiger partial charge in [-0.15, -0.1) is 0 Å². The van der Waals surface area contributed by atoms with Gasteiger partial charge >= 0.3 is 18.1 Å². The van der Waals surface area contributed by atoms with Crippen molar-refractivity contribution in [2.24, 2.45) is 5.92 Å². The Labute approximate surface area is 108 Å². The minimum atomic E-state index is -1.13. The largest absolute Gasteiger partial charge is 0.516 e. The van der Waals surface area contributed by atoms with Crippen LogP contribution in [0.4, 0.5) is 4.79 Å². The molecule has 0 radical (unpaired) electrons. The molecule has 19 heavy (non-hydrogen) atoms. The second-order valence-electron chi connectivity index (χ2n) is 4.89. The molecular weight excluding hydrogens is 256 g/mol. The number of carbonyl (C=O) groups excluding carboxylic acids is 3. The summed E-state index contributed by atoms with van der Waals surface area (Å²) in [6.45, 7) is 4.77. The van der Waals surface area contributed by atoms with Gasteiger partial charge in [-0.1, -0.05) is 6.58 Å². The zero-order chi connectivity index (χ0) is 13.7. The average molecular weight is 268 g/mol. The van der Waals surface area contributed by atoms with Crippen molar-refractivity contribution in [2.45, 2.75) is 37.8 Å². The van der Waals surface area contributed by atoms with Gasteiger partial charge in [-0.25, -0.2) is 9.59 Å². The van der Waals surface area contributed by atoms with Crippen LogP contribution in [0.15, 0.2) is 12.2 Å². The normalized spacial score (nSPS) is 37.9.